The van der Waals surface area contributed by atoms with E-state index in [9.17, 15) is 43.5 Å². The van der Waals surface area contributed by atoms with Crippen LogP contribution in [0.3, 0.4) is 0 Å². The highest BCUT2D eigenvalue weighted by Crippen LogP contribution is 2.70. The van der Waals surface area contributed by atoms with Gasteiger partial charge in [0.15, 0.2) is 30.0 Å². The van der Waals surface area contributed by atoms with Gasteiger partial charge in [-0.1, -0.05) is 32.0 Å². The van der Waals surface area contributed by atoms with Crippen LogP contribution in [0.5, 0.6) is 0 Å². The molecule has 67 heavy (non-hydrogen) atoms. The molecule has 13 atom stereocenters. The molecule has 3 fully saturated rings. The third kappa shape index (κ3) is 8.15. The normalized spacial score (nSPS) is 34.1. The largest absolute Gasteiger partial charge is 0.465 e. The number of pyridine rings is 2. The summed E-state index contributed by atoms with van der Waals surface area (Å²) in [5.41, 5.74) is -10.8. The summed E-state index contributed by atoms with van der Waals surface area (Å²) in [5, 5.41) is 13.9. The van der Waals surface area contributed by atoms with Gasteiger partial charge in [-0.25, -0.2) is 14.4 Å². The van der Waals surface area contributed by atoms with E-state index in [-0.39, 0.29) is 22.4 Å². The van der Waals surface area contributed by atoms with E-state index in [1.54, 1.807) is 13.0 Å². The number of aliphatic hydroxyl groups is 1. The molecule has 1 spiro atoms. The number of cyclic esters (lactones) is 1. The van der Waals surface area contributed by atoms with Crippen LogP contribution in [0, 0.1) is 17.3 Å². The minimum Gasteiger partial charge on any atom is -0.465 e. The van der Waals surface area contributed by atoms with Crippen molar-refractivity contribution < 1.29 is 86.1 Å². The molecular weight excluding hydrogens is 881 g/mol. The summed E-state index contributed by atoms with van der Waals surface area (Å²) in [7, 11) is 0. The van der Waals surface area contributed by atoms with Crippen molar-refractivity contribution in [3.8, 4) is 0 Å². The first-order chi connectivity index (χ1) is 31.6. The lowest BCUT2D eigenvalue weighted by molar-refractivity contribution is -0.385. The molecule has 7 rings (SSSR count). The number of rotatable bonds is 9. The molecule has 1 aromatic carbocycles. The highest BCUT2D eigenvalue weighted by molar-refractivity contribution is 5.92. The van der Waals surface area contributed by atoms with Crippen molar-refractivity contribution >= 4 is 47.8 Å². The molecule has 2 aromatic heterocycles. The summed E-state index contributed by atoms with van der Waals surface area (Å²) in [6, 6.07) is 13.2. The smallest absolute Gasteiger partial charge is 0.340 e. The average molecular weight is 931 g/mol. The fourth-order valence-electron chi connectivity index (χ4n) is 10.3. The number of aromatic nitrogens is 2. The molecule has 3 aromatic rings. The lowest BCUT2D eigenvalue weighted by Crippen LogP contribution is -2.89. The van der Waals surface area contributed by atoms with Crippen molar-refractivity contribution in [1.82, 2.24) is 9.97 Å². The average Bonchev–Trinajstić information content (AvgIpc) is 3.51. The number of carbonyl (C=O) groups excluding carboxylic acids is 8. The maximum Gasteiger partial charge on any atom is 0.340 e. The molecule has 0 radical (unpaired) electrons. The Morgan fingerprint density at radius 1 is 0.716 bits per heavy atom. The highest BCUT2D eigenvalue weighted by Gasteiger charge is 2.92. The van der Waals surface area contributed by atoms with Crippen molar-refractivity contribution in [2.45, 2.75) is 115 Å². The molecular formula is C47H50N2O18. The molecule has 4 bridgehead atoms. The Morgan fingerprint density at radius 2 is 1.33 bits per heavy atom. The van der Waals surface area contributed by atoms with Gasteiger partial charge in [-0.05, 0) is 50.2 Å². The number of carbonyl (C=O) groups is 8. The highest BCUT2D eigenvalue weighted by atomic mass is 16.7. The number of benzene rings is 1. The van der Waals surface area contributed by atoms with Gasteiger partial charge in [-0.15, -0.1) is 0 Å². The Bertz CT molecular complexity index is 2460. The van der Waals surface area contributed by atoms with Crippen LogP contribution < -0.4 is 0 Å². The number of hydrogen-bond donors (Lipinski definition) is 1. The van der Waals surface area contributed by atoms with Crippen LogP contribution in [-0.2, 0) is 66.6 Å². The zero-order valence-electron chi connectivity index (χ0n) is 37.8. The van der Waals surface area contributed by atoms with Crippen LogP contribution in [0.2, 0.25) is 0 Å². The Labute approximate surface area is 383 Å². The number of nitrogens with zero attached hydrogens (tertiary/aromatic N) is 2. The molecule has 356 valence electrons. The molecule has 2 aliphatic carbocycles. The van der Waals surface area contributed by atoms with E-state index in [2.05, 4.69) is 9.97 Å². The predicted octanol–water partition coefficient (Wildman–Crippen LogP) is 3.02. The van der Waals surface area contributed by atoms with Crippen LogP contribution in [-0.4, -0.2) is 129 Å². The van der Waals surface area contributed by atoms with Crippen molar-refractivity contribution in [1.29, 1.82) is 0 Å². The molecule has 0 amide bonds. The topological polar surface area (TPSA) is 266 Å². The molecule has 4 heterocycles. The van der Waals surface area contributed by atoms with Crippen LogP contribution >= 0.6 is 0 Å². The summed E-state index contributed by atoms with van der Waals surface area (Å²) in [6.45, 7) is 7.58. The van der Waals surface area contributed by atoms with E-state index in [1.807, 2.05) is 0 Å². The summed E-state index contributed by atoms with van der Waals surface area (Å²) in [4.78, 5) is 120. The number of esters is 8. The SMILES string of the molecule is CC(=O)OC[C@]12[C@H](OC(C)=O)[C@H](OC(=O)c3cccnc3)[C@H]3OC(=O)C(C)C(C)c4ncccc4C(=O)OC[C@@]4(C)O[C@]1([C@@H](OC(=O)c1ccccc1)[C@@H]4[C@H](OC(C)=O)[C@@H]2OC(C)=O)[C@]3(C)O. The van der Waals surface area contributed by atoms with Gasteiger partial charge in [0.05, 0.1) is 34.2 Å². The molecule has 20 heteroatoms. The third-order valence-corrected chi connectivity index (χ3v) is 13.2. The van der Waals surface area contributed by atoms with E-state index in [1.165, 1.54) is 74.8 Å². The van der Waals surface area contributed by atoms with Gasteiger partial charge < -0.3 is 47.7 Å². The van der Waals surface area contributed by atoms with Gasteiger partial charge >= 0.3 is 47.8 Å². The van der Waals surface area contributed by atoms with Crippen LogP contribution in [0.1, 0.15) is 98.1 Å². The zero-order chi connectivity index (χ0) is 48.8. The van der Waals surface area contributed by atoms with Gasteiger partial charge in [0.2, 0.25) is 0 Å². The standard InChI is InChI=1S/C47H50N2O18/c1-23-24(2)40(54)66-37-35(64-42(56)30-16-12-18-48-20-30)39(63-28(6)53)46(22-59-25(3)50)38(62-27(5)52)34(61-26(4)51)32-36(65-41(55)29-14-10-9-11-15-29)47(46,45(37,8)58)67-44(32,7)21-60-43(57)31-17-13-19-49-33(23)31/h9-20,23-24,32,34-39,58H,21-22H2,1-8H3/t23?,24?,32-,34-,35+,36-,37+,38-,39+,44+,45+,46-,47+/m0/s1. The minimum absolute atomic E-state index is 0.0424. The number of ether oxygens (including phenoxy) is 9. The summed E-state index contributed by atoms with van der Waals surface area (Å²) >= 11 is 0. The Balaban J connectivity index is 1.64. The summed E-state index contributed by atoms with van der Waals surface area (Å²) in [6.07, 6.45) is -8.69. The molecule has 1 N–H and O–H groups in total. The molecule has 4 aliphatic rings. The van der Waals surface area contributed by atoms with E-state index in [4.69, 9.17) is 42.6 Å². The number of hydrogen-bond acceptors (Lipinski definition) is 20. The maximum absolute atomic E-state index is 14.8. The van der Waals surface area contributed by atoms with Crippen LogP contribution in [0.25, 0.3) is 0 Å². The fraction of sp³-hybridized carbons (Fsp3) is 0.489. The molecule has 2 saturated carbocycles. The minimum atomic E-state index is -2.94. The van der Waals surface area contributed by atoms with Gasteiger partial charge in [-0.3, -0.25) is 33.9 Å². The molecule has 20 nitrogen and oxygen atoms in total. The quantitative estimate of drug-likeness (QED) is 0.239. The second kappa shape index (κ2) is 18.1. The second-order valence-corrected chi connectivity index (χ2v) is 17.5. The lowest BCUT2D eigenvalue weighted by atomic mass is 9.45. The van der Waals surface area contributed by atoms with Gasteiger partial charge in [0.25, 0.3) is 0 Å². The van der Waals surface area contributed by atoms with E-state index < -0.39 is 138 Å². The van der Waals surface area contributed by atoms with Crippen molar-refractivity contribution in [2.24, 2.45) is 17.3 Å². The Hall–Kier alpha value is -6.80. The van der Waals surface area contributed by atoms with Crippen molar-refractivity contribution in [3.63, 3.8) is 0 Å². The second-order valence-electron chi connectivity index (χ2n) is 17.5. The zero-order valence-corrected chi connectivity index (χ0v) is 37.8. The van der Waals surface area contributed by atoms with E-state index in [0.717, 1.165) is 40.8 Å². The summed E-state index contributed by atoms with van der Waals surface area (Å²) in [5.74, 6) is -12.2. The van der Waals surface area contributed by atoms with E-state index in [0.29, 0.717) is 0 Å². The van der Waals surface area contributed by atoms with Crippen LogP contribution in [0.15, 0.2) is 73.2 Å². The monoisotopic (exact) mass is 930 g/mol. The van der Waals surface area contributed by atoms with Gasteiger partial charge in [0, 0.05) is 52.2 Å². The van der Waals surface area contributed by atoms with E-state index >= 15 is 0 Å². The maximum atomic E-state index is 14.8. The first-order valence-electron chi connectivity index (χ1n) is 21.4. The van der Waals surface area contributed by atoms with Crippen LogP contribution in [0.4, 0.5) is 0 Å². The first-order valence-corrected chi connectivity index (χ1v) is 21.4. The Kier molecular flexibility index (Phi) is 13.0. The molecule has 2 unspecified atom stereocenters. The molecule has 1 saturated heterocycles. The van der Waals surface area contributed by atoms with Crippen molar-refractivity contribution in [3.05, 3.63) is 95.6 Å². The van der Waals surface area contributed by atoms with Crippen molar-refractivity contribution in [2.75, 3.05) is 13.2 Å². The fourth-order valence-corrected chi connectivity index (χ4v) is 10.3. The van der Waals surface area contributed by atoms with Gasteiger partial charge in [0.1, 0.15) is 42.0 Å². The first kappa shape index (κ1) is 48.1. The number of fused-ring (bicyclic) bond motifs is 5. The molecule has 2 aliphatic heterocycles. The third-order valence-electron chi connectivity index (χ3n) is 13.2. The Morgan fingerprint density at radius 3 is 1.94 bits per heavy atom. The van der Waals surface area contributed by atoms with Gasteiger partial charge in [-0.2, -0.15) is 0 Å². The summed E-state index contributed by atoms with van der Waals surface area (Å²) < 4.78 is 56.4. The lowest BCUT2D eigenvalue weighted by Gasteiger charge is -2.67. The predicted molar refractivity (Wildman–Crippen MR) is 223 cm³/mol.